The molecule has 0 aliphatic heterocycles. The zero-order chi connectivity index (χ0) is 13.1. The molecular weight excluding hydrogens is 256 g/mol. The number of halogens is 2. The van der Waals surface area contributed by atoms with E-state index in [2.05, 4.69) is 5.32 Å². The number of hydrogen-bond donors (Lipinski definition) is 1. The first kappa shape index (κ1) is 13.0. The highest BCUT2D eigenvalue weighted by atomic mass is 32.1. The number of thiophene rings is 1. The second-order valence-electron chi connectivity index (χ2n) is 3.74. The fourth-order valence-corrected chi connectivity index (χ4v) is 2.68. The van der Waals surface area contributed by atoms with Crippen LogP contribution in [-0.4, -0.2) is 14.2 Å². The van der Waals surface area contributed by atoms with Gasteiger partial charge in [-0.15, -0.1) is 11.3 Å². The number of rotatable bonds is 4. The molecule has 1 unspecified atom stereocenters. The molecule has 0 aliphatic carbocycles. The van der Waals surface area contributed by atoms with E-state index >= 15 is 0 Å². The Hall–Kier alpha value is -1.46. The predicted molar refractivity (Wildman–Crippen MR) is 68.1 cm³/mol. The highest BCUT2D eigenvalue weighted by Gasteiger charge is 2.22. The summed E-state index contributed by atoms with van der Waals surface area (Å²) < 4.78 is 32.8. The Bertz CT molecular complexity index is 505. The summed E-state index contributed by atoms with van der Waals surface area (Å²) in [5.41, 5.74) is 0.0146. The van der Waals surface area contributed by atoms with Gasteiger partial charge in [-0.3, -0.25) is 0 Å². The summed E-state index contributed by atoms with van der Waals surface area (Å²) in [4.78, 5) is 0.862. The maximum Gasteiger partial charge on any atom is 0.134 e. The van der Waals surface area contributed by atoms with Crippen molar-refractivity contribution >= 4 is 11.3 Å². The Morgan fingerprint density at radius 3 is 2.39 bits per heavy atom. The normalized spacial score (nSPS) is 12.4. The molecule has 0 bridgehead atoms. The first-order valence-corrected chi connectivity index (χ1v) is 6.29. The Kier molecular flexibility index (Phi) is 3.93. The minimum absolute atomic E-state index is 0.0146. The standard InChI is InChI=1S/C13H13F2NOS/c1-16-13(11-4-3-5-18-11)12-9(14)6-8(17-2)7-10(12)15/h3-7,13,16H,1-2H3. The molecule has 1 heterocycles. The monoisotopic (exact) mass is 269 g/mol. The second-order valence-corrected chi connectivity index (χ2v) is 4.72. The molecule has 0 fully saturated rings. The molecule has 0 amide bonds. The Morgan fingerprint density at radius 1 is 1.28 bits per heavy atom. The van der Waals surface area contributed by atoms with Gasteiger partial charge >= 0.3 is 0 Å². The number of hydrogen-bond acceptors (Lipinski definition) is 3. The fraction of sp³-hybridized carbons (Fsp3) is 0.231. The van der Waals surface area contributed by atoms with E-state index in [1.807, 2.05) is 17.5 Å². The van der Waals surface area contributed by atoms with Crippen LogP contribution >= 0.6 is 11.3 Å². The molecule has 1 aromatic heterocycles. The zero-order valence-electron chi connectivity index (χ0n) is 10.0. The van der Waals surface area contributed by atoms with Gasteiger partial charge in [0.15, 0.2) is 0 Å². The lowest BCUT2D eigenvalue weighted by Crippen LogP contribution is -2.19. The van der Waals surface area contributed by atoms with Gasteiger partial charge in [-0.25, -0.2) is 8.78 Å². The molecular formula is C13H13F2NOS. The van der Waals surface area contributed by atoms with Crippen molar-refractivity contribution in [2.24, 2.45) is 0 Å². The molecule has 0 radical (unpaired) electrons. The molecule has 0 spiro atoms. The number of benzene rings is 1. The van der Waals surface area contributed by atoms with E-state index in [9.17, 15) is 8.78 Å². The summed E-state index contributed by atoms with van der Waals surface area (Å²) in [7, 11) is 3.05. The van der Waals surface area contributed by atoms with Crippen LogP contribution in [0.1, 0.15) is 16.5 Å². The third-order valence-corrected chi connectivity index (χ3v) is 3.63. The topological polar surface area (TPSA) is 21.3 Å². The third-order valence-electron chi connectivity index (χ3n) is 2.69. The lowest BCUT2D eigenvalue weighted by Gasteiger charge is -2.17. The summed E-state index contributed by atoms with van der Waals surface area (Å²) in [5.74, 6) is -1.05. The van der Waals surface area contributed by atoms with Crippen molar-refractivity contribution in [2.45, 2.75) is 6.04 Å². The summed E-state index contributed by atoms with van der Waals surface area (Å²) in [5, 5.41) is 4.80. The minimum Gasteiger partial charge on any atom is -0.497 e. The smallest absolute Gasteiger partial charge is 0.134 e. The molecule has 96 valence electrons. The SMILES string of the molecule is CNC(c1cccs1)c1c(F)cc(OC)cc1F. The van der Waals surface area contributed by atoms with Gasteiger partial charge in [0, 0.05) is 22.6 Å². The van der Waals surface area contributed by atoms with Gasteiger partial charge in [0.25, 0.3) is 0 Å². The van der Waals surface area contributed by atoms with Crippen LogP contribution in [0.4, 0.5) is 8.78 Å². The van der Waals surface area contributed by atoms with Crippen molar-refractivity contribution in [3.8, 4) is 5.75 Å². The largest absolute Gasteiger partial charge is 0.497 e. The summed E-state index contributed by atoms with van der Waals surface area (Å²) in [6, 6.07) is 5.58. The number of methoxy groups -OCH3 is 1. The first-order chi connectivity index (χ1) is 8.67. The van der Waals surface area contributed by atoms with Gasteiger partial charge < -0.3 is 10.1 Å². The molecule has 2 rings (SSSR count). The van der Waals surface area contributed by atoms with E-state index in [-0.39, 0.29) is 11.3 Å². The molecule has 1 aromatic carbocycles. The van der Waals surface area contributed by atoms with Gasteiger partial charge in [-0.05, 0) is 18.5 Å². The Labute approximate surface area is 108 Å². The lowest BCUT2D eigenvalue weighted by atomic mass is 10.0. The van der Waals surface area contributed by atoms with E-state index in [4.69, 9.17) is 4.74 Å². The van der Waals surface area contributed by atoms with Crippen LogP contribution in [0.25, 0.3) is 0 Å². The Balaban J connectivity index is 2.49. The second kappa shape index (κ2) is 5.46. The van der Waals surface area contributed by atoms with Crippen LogP contribution in [0.5, 0.6) is 5.75 Å². The van der Waals surface area contributed by atoms with Crippen molar-refractivity contribution in [1.82, 2.24) is 5.32 Å². The van der Waals surface area contributed by atoms with Crippen molar-refractivity contribution in [2.75, 3.05) is 14.2 Å². The van der Waals surface area contributed by atoms with Crippen LogP contribution in [-0.2, 0) is 0 Å². The van der Waals surface area contributed by atoms with E-state index in [0.29, 0.717) is 0 Å². The fourth-order valence-electron chi connectivity index (χ4n) is 1.84. The van der Waals surface area contributed by atoms with Crippen molar-refractivity contribution in [1.29, 1.82) is 0 Å². The molecule has 18 heavy (non-hydrogen) atoms. The van der Waals surface area contributed by atoms with E-state index in [1.54, 1.807) is 7.05 Å². The van der Waals surface area contributed by atoms with Crippen LogP contribution in [0.15, 0.2) is 29.6 Å². The average molecular weight is 269 g/mol. The summed E-state index contributed by atoms with van der Waals surface area (Å²) in [6.45, 7) is 0. The van der Waals surface area contributed by atoms with Crippen LogP contribution in [0.2, 0.25) is 0 Å². The molecule has 0 saturated carbocycles. The molecule has 1 N–H and O–H groups in total. The maximum absolute atomic E-state index is 14.0. The number of ether oxygens (including phenoxy) is 1. The molecule has 1 atom stereocenters. The predicted octanol–water partition coefficient (Wildman–Crippen LogP) is 3.34. The van der Waals surface area contributed by atoms with Gasteiger partial charge in [0.05, 0.1) is 13.2 Å². The lowest BCUT2D eigenvalue weighted by molar-refractivity contribution is 0.403. The maximum atomic E-state index is 14.0. The third kappa shape index (κ3) is 2.37. The first-order valence-electron chi connectivity index (χ1n) is 5.41. The molecule has 5 heteroatoms. The van der Waals surface area contributed by atoms with Crippen LogP contribution < -0.4 is 10.1 Å². The van der Waals surface area contributed by atoms with E-state index in [0.717, 1.165) is 4.88 Å². The van der Waals surface area contributed by atoms with Gasteiger partial charge in [-0.1, -0.05) is 6.07 Å². The van der Waals surface area contributed by atoms with Gasteiger partial charge in [0.2, 0.25) is 0 Å². The number of nitrogens with one attached hydrogen (secondary N) is 1. The van der Waals surface area contributed by atoms with Crippen LogP contribution in [0.3, 0.4) is 0 Å². The Morgan fingerprint density at radius 2 is 1.94 bits per heavy atom. The van der Waals surface area contributed by atoms with Crippen molar-refractivity contribution in [3.05, 3.63) is 51.7 Å². The quantitative estimate of drug-likeness (QED) is 0.919. The van der Waals surface area contributed by atoms with E-state index in [1.165, 1.54) is 30.6 Å². The van der Waals surface area contributed by atoms with Crippen LogP contribution in [0, 0.1) is 11.6 Å². The summed E-state index contributed by atoms with van der Waals surface area (Å²) in [6.07, 6.45) is 0. The van der Waals surface area contributed by atoms with Crippen molar-refractivity contribution in [3.63, 3.8) is 0 Å². The van der Waals surface area contributed by atoms with Gasteiger partial charge in [-0.2, -0.15) is 0 Å². The average Bonchev–Trinajstić information content (AvgIpc) is 2.86. The molecule has 0 saturated heterocycles. The van der Waals surface area contributed by atoms with Crippen molar-refractivity contribution < 1.29 is 13.5 Å². The highest BCUT2D eigenvalue weighted by Crippen LogP contribution is 2.31. The molecule has 0 aliphatic rings. The molecule has 2 nitrogen and oxygen atoms in total. The molecule has 2 aromatic rings. The summed E-state index contributed by atoms with van der Waals surface area (Å²) >= 11 is 1.45. The highest BCUT2D eigenvalue weighted by molar-refractivity contribution is 7.10. The minimum atomic E-state index is -0.611. The van der Waals surface area contributed by atoms with E-state index < -0.39 is 17.7 Å². The van der Waals surface area contributed by atoms with Gasteiger partial charge in [0.1, 0.15) is 17.4 Å². The zero-order valence-corrected chi connectivity index (χ0v) is 10.9.